The summed E-state index contributed by atoms with van der Waals surface area (Å²) in [6.45, 7) is 2.80. The zero-order valence-corrected chi connectivity index (χ0v) is 20.2. The van der Waals surface area contributed by atoms with Crippen LogP contribution in [0.1, 0.15) is 62.5 Å². The Bertz CT molecular complexity index is 1020. The topological polar surface area (TPSA) is 105 Å². The Kier molecular flexibility index (Phi) is 8.06. The van der Waals surface area contributed by atoms with Crippen LogP contribution in [0, 0.1) is 11.8 Å². The van der Waals surface area contributed by atoms with E-state index in [0.717, 1.165) is 25.7 Å². The summed E-state index contributed by atoms with van der Waals surface area (Å²) in [4.78, 5) is 35.9. The van der Waals surface area contributed by atoms with Crippen molar-refractivity contribution in [3.8, 4) is 11.1 Å². The molecule has 0 heterocycles. The Hall–Kier alpha value is -3.35. The van der Waals surface area contributed by atoms with Gasteiger partial charge in [0.25, 0.3) is 0 Å². The molecule has 0 bridgehead atoms. The lowest BCUT2D eigenvalue weighted by Gasteiger charge is -2.35. The van der Waals surface area contributed by atoms with Crippen molar-refractivity contribution in [3.63, 3.8) is 0 Å². The highest BCUT2D eigenvalue weighted by Crippen LogP contribution is 2.44. The van der Waals surface area contributed by atoms with Crippen LogP contribution in [0.25, 0.3) is 11.1 Å². The van der Waals surface area contributed by atoms with Crippen molar-refractivity contribution in [1.29, 1.82) is 0 Å². The predicted molar refractivity (Wildman–Crippen MR) is 133 cm³/mol. The van der Waals surface area contributed by atoms with Gasteiger partial charge in [0.2, 0.25) is 5.91 Å². The predicted octanol–water partition coefficient (Wildman–Crippen LogP) is 4.70. The number of alkyl carbamates (subject to hydrolysis) is 1. The summed E-state index contributed by atoms with van der Waals surface area (Å²) in [7, 11) is 0. The van der Waals surface area contributed by atoms with Crippen LogP contribution in [0.2, 0.25) is 0 Å². The van der Waals surface area contributed by atoms with Gasteiger partial charge in [-0.15, -0.1) is 0 Å². The first-order chi connectivity index (χ1) is 17.0. The van der Waals surface area contributed by atoms with Crippen molar-refractivity contribution in [2.45, 2.75) is 57.4 Å². The minimum absolute atomic E-state index is 0.0340. The molecule has 0 spiro atoms. The van der Waals surface area contributed by atoms with Crippen molar-refractivity contribution < 1.29 is 24.2 Å². The number of unbranched alkanes of at least 4 members (excludes halogenated alkanes) is 1. The second kappa shape index (κ2) is 11.4. The Morgan fingerprint density at radius 3 is 2.23 bits per heavy atom. The molecule has 35 heavy (non-hydrogen) atoms. The molecule has 7 nitrogen and oxygen atoms in total. The van der Waals surface area contributed by atoms with E-state index in [-0.39, 0.29) is 24.3 Å². The van der Waals surface area contributed by atoms with Gasteiger partial charge in [-0.1, -0.05) is 68.3 Å². The average molecular weight is 479 g/mol. The van der Waals surface area contributed by atoms with Crippen LogP contribution in [0.4, 0.5) is 4.79 Å². The molecule has 2 amide bonds. The Morgan fingerprint density at radius 2 is 1.63 bits per heavy atom. The third-order valence-electron chi connectivity index (χ3n) is 7.17. The van der Waals surface area contributed by atoms with Crippen LogP contribution in [0.5, 0.6) is 0 Å². The maximum absolute atomic E-state index is 12.3. The maximum atomic E-state index is 12.3. The number of carboxylic acids is 1. The van der Waals surface area contributed by atoms with Crippen LogP contribution < -0.4 is 10.6 Å². The van der Waals surface area contributed by atoms with Gasteiger partial charge in [-0.3, -0.25) is 4.79 Å². The van der Waals surface area contributed by atoms with Crippen molar-refractivity contribution >= 4 is 18.0 Å². The van der Waals surface area contributed by atoms with E-state index in [4.69, 9.17) is 4.74 Å². The van der Waals surface area contributed by atoms with Gasteiger partial charge in [-0.25, -0.2) is 9.59 Å². The minimum atomic E-state index is -0.981. The van der Waals surface area contributed by atoms with Crippen molar-refractivity contribution in [3.05, 3.63) is 59.7 Å². The first kappa shape index (κ1) is 24.8. The van der Waals surface area contributed by atoms with E-state index in [1.165, 1.54) is 22.3 Å². The average Bonchev–Trinajstić information content (AvgIpc) is 3.15. The number of fused-ring (bicyclic) bond motifs is 3. The number of hydrogen-bond donors (Lipinski definition) is 3. The molecule has 2 aromatic rings. The quantitative estimate of drug-likeness (QED) is 0.434. The molecular formula is C28H34N2O5. The molecular weight excluding hydrogens is 444 g/mol. The minimum Gasteiger partial charge on any atom is -0.480 e. The van der Waals surface area contributed by atoms with Gasteiger partial charge in [-0.2, -0.15) is 0 Å². The number of benzene rings is 2. The SMILES string of the molecule is CCCC[C@H](NC(=O)CC1CC(CNC(=O)OCC2c3ccccc3-c3ccccc32)C1)C(=O)O. The van der Waals surface area contributed by atoms with Crippen LogP contribution in [-0.4, -0.2) is 42.3 Å². The number of rotatable bonds is 11. The molecule has 0 radical (unpaired) electrons. The zero-order valence-electron chi connectivity index (χ0n) is 20.2. The lowest BCUT2D eigenvalue weighted by Crippen LogP contribution is -2.43. The van der Waals surface area contributed by atoms with E-state index in [9.17, 15) is 19.5 Å². The summed E-state index contributed by atoms with van der Waals surface area (Å²) in [5, 5.41) is 14.8. The first-order valence-electron chi connectivity index (χ1n) is 12.6. The van der Waals surface area contributed by atoms with Gasteiger partial charge in [0.1, 0.15) is 12.6 Å². The summed E-state index contributed by atoms with van der Waals surface area (Å²) in [6, 6.07) is 15.7. The largest absolute Gasteiger partial charge is 0.480 e. The monoisotopic (exact) mass is 478 g/mol. The molecule has 2 aromatic carbocycles. The third kappa shape index (κ3) is 6.02. The lowest BCUT2D eigenvalue weighted by molar-refractivity contribution is -0.142. The smallest absolute Gasteiger partial charge is 0.407 e. The summed E-state index contributed by atoms with van der Waals surface area (Å²) < 4.78 is 5.58. The number of amides is 2. The molecule has 2 aliphatic carbocycles. The molecule has 1 saturated carbocycles. The highest BCUT2D eigenvalue weighted by molar-refractivity contribution is 5.83. The molecule has 186 valence electrons. The van der Waals surface area contributed by atoms with Gasteiger partial charge in [-0.05, 0) is 53.4 Å². The van der Waals surface area contributed by atoms with E-state index in [2.05, 4.69) is 34.9 Å². The molecule has 1 fully saturated rings. The number of carbonyl (C=O) groups is 3. The second-order valence-corrected chi connectivity index (χ2v) is 9.71. The van der Waals surface area contributed by atoms with Gasteiger partial charge in [0.15, 0.2) is 0 Å². The highest BCUT2D eigenvalue weighted by Gasteiger charge is 2.32. The Labute approximate surface area is 206 Å². The molecule has 2 aliphatic rings. The standard InChI is InChI=1S/C28H34N2O5/c1-2-3-12-25(27(32)33)30-26(31)15-18-13-19(14-18)16-29-28(34)35-17-24-22-10-6-4-8-20(22)21-9-5-7-11-23(21)24/h4-11,18-19,24-25H,2-3,12-17H2,1H3,(H,29,34)(H,30,31)(H,32,33)/t18?,19?,25-/m0/s1. The molecule has 0 aromatic heterocycles. The molecule has 0 aliphatic heterocycles. The molecule has 0 unspecified atom stereocenters. The van der Waals surface area contributed by atoms with Crippen LogP contribution >= 0.6 is 0 Å². The van der Waals surface area contributed by atoms with E-state index in [1.807, 2.05) is 31.2 Å². The molecule has 3 N–H and O–H groups in total. The van der Waals surface area contributed by atoms with E-state index >= 15 is 0 Å². The van der Waals surface area contributed by atoms with E-state index in [0.29, 0.717) is 25.3 Å². The summed E-state index contributed by atoms with van der Waals surface area (Å²) in [5.74, 6) is -0.618. The summed E-state index contributed by atoms with van der Waals surface area (Å²) in [6.07, 6.45) is 3.69. The zero-order chi connectivity index (χ0) is 24.8. The van der Waals surface area contributed by atoms with Gasteiger partial charge in [0, 0.05) is 18.9 Å². The fraction of sp³-hybridized carbons (Fsp3) is 0.464. The highest BCUT2D eigenvalue weighted by atomic mass is 16.5. The molecule has 1 atom stereocenters. The number of aliphatic carboxylic acids is 1. The van der Waals surface area contributed by atoms with Crippen molar-refractivity contribution in [2.24, 2.45) is 11.8 Å². The number of hydrogen-bond acceptors (Lipinski definition) is 4. The Morgan fingerprint density at radius 1 is 1.00 bits per heavy atom. The molecule has 4 rings (SSSR count). The van der Waals surface area contributed by atoms with Gasteiger partial charge >= 0.3 is 12.1 Å². The summed E-state index contributed by atoms with van der Waals surface area (Å²) >= 11 is 0. The van der Waals surface area contributed by atoms with E-state index < -0.39 is 18.1 Å². The van der Waals surface area contributed by atoms with Gasteiger partial charge < -0.3 is 20.5 Å². The van der Waals surface area contributed by atoms with E-state index in [1.54, 1.807) is 0 Å². The molecule has 0 saturated heterocycles. The fourth-order valence-corrected chi connectivity index (χ4v) is 5.27. The first-order valence-corrected chi connectivity index (χ1v) is 12.6. The normalized spacial score (nSPS) is 19.1. The lowest BCUT2D eigenvalue weighted by atomic mass is 9.73. The second-order valence-electron chi connectivity index (χ2n) is 9.71. The van der Waals surface area contributed by atoms with Crippen molar-refractivity contribution in [2.75, 3.05) is 13.2 Å². The summed E-state index contributed by atoms with van der Waals surface area (Å²) in [5.41, 5.74) is 4.76. The van der Waals surface area contributed by atoms with Crippen LogP contribution in [0.15, 0.2) is 48.5 Å². The fourth-order valence-electron chi connectivity index (χ4n) is 5.27. The third-order valence-corrected chi connectivity index (χ3v) is 7.17. The van der Waals surface area contributed by atoms with Gasteiger partial charge in [0.05, 0.1) is 0 Å². The molecule has 7 heteroatoms. The van der Waals surface area contributed by atoms with Crippen LogP contribution in [-0.2, 0) is 14.3 Å². The number of ether oxygens (including phenoxy) is 1. The van der Waals surface area contributed by atoms with Crippen molar-refractivity contribution in [1.82, 2.24) is 10.6 Å². The number of nitrogens with one attached hydrogen (secondary N) is 2. The Balaban J connectivity index is 1.16. The van der Waals surface area contributed by atoms with Crippen LogP contribution in [0.3, 0.4) is 0 Å². The number of carboxylic acid groups (broad SMARTS) is 1. The maximum Gasteiger partial charge on any atom is 0.407 e. The number of carbonyl (C=O) groups excluding carboxylic acids is 2.